The van der Waals surface area contributed by atoms with Crippen LogP contribution >= 0.6 is 0 Å². The summed E-state index contributed by atoms with van der Waals surface area (Å²) < 4.78 is 14.6. The summed E-state index contributed by atoms with van der Waals surface area (Å²) in [6.07, 6.45) is 4.63. The number of rotatable bonds is 2. The molecule has 0 saturated carbocycles. The van der Waals surface area contributed by atoms with E-state index in [4.69, 9.17) is 8.83 Å². The number of hydrogen-bond acceptors (Lipinski definition) is 4. The molecule has 4 heterocycles. The van der Waals surface area contributed by atoms with Crippen LogP contribution in [0.1, 0.15) is 156 Å². The smallest absolute Gasteiger partial charge is 0.297 e. The molecule has 2 aliphatic heterocycles. The van der Waals surface area contributed by atoms with E-state index in [1.165, 1.54) is 78.9 Å². The quantitative estimate of drug-likeness (QED) is 0.162. The second-order valence-electron chi connectivity index (χ2n) is 25.5. The average molecular weight is 883 g/mol. The van der Waals surface area contributed by atoms with Crippen molar-refractivity contribution < 1.29 is 8.83 Å². The first-order chi connectivity index (χ1) is 31.4. The molecular weight excluding hydrogens is 816 g/mol. The van der Waals surface area contributed by atoms with Crippen molar-refractivity contribution >= 4 is 90.3 Å². The molecular formula is C62H67BN2O2. The standard InChI is InChI=1S/C62H67BN2O2/c1-57(2,3)36-22-25-47-46(30-36)63-53-49(31-37(58(4,5)6)32-50(53)65(47)48-20-17-19-40-39-18-15-16-21-51(39)66-55(40)48)64(38-23-24-42-43(33-38)60(9,10)27-26-59(42,7)8)54-41-34-44-45(35-52(41)67-56(54)63)62(13,14)29-28-61(44,11)12/h15-25,30-35H,26-29H2,1-14H3. The summed E-state index contributed by atoms with van der Waals surface area (Å²) >= 11 is 0. The number of benzene rings is 6. The zero-order valence-corrected chi connectivity index (χ0v) is 42.4. The molecule has 340 valence electrons. The van der Waals surface area contributed by atoms with Gasteiger partial charge >= 0.3 is 0 Å². The van der Waals surface area contributed by atoms with Crippen LogP contribution in [-0.4, -0.2) is 6.71 Å². The van der Waals surface area contributed by atoms with Gasteiger partial charge in [-0.25, -0.2) is 0 Å². The lowest BCUT2D eigenvalue weighted by Gasteiger charge is -2.45. The van der Waals surface area contributed by atoms with Crippen molar-refractivity contribution in [3.63, 3.8) is 0 Å². The number of anilines is 6. The third kappa shape index (κ3) is 6.11. The molecule has 6 aromatic carbocycles. The minimum Gasteiger partial charge on any atom is -0.468 e. The lowest BCUT2D eigenvalue weighted by Crippen LogP contribution is -2.61. The first kappa shape index (κ1) is 42.7. The second-order valence-corrected chi connectivity index (χ2v) is 25.5. The third-order valence-electron chi connectivity index (χ3n) is 17.1. The second kappa shape index (κ2) is 13.5. The van der Waals surface area contributed by atoms with Crippen LogP contribution in [0.3, 0.4) is 0 Å². The Balaban J connectivity index is 1.24. The summed E-state index contributed by atoms with van der Waals surface area (Å²) in [5.41, 5.74) is 21.7. The Morgan fingerprint density at radius 3 is 1.73 bits per heavy atom. The SMILES string of the molecule is CC(C)(C)c1ccc2c(c1)B1c3oc4cc5c(cc4c3N(c3ccc4c(c3)C(C)(C)CCC4(C)C)c3cc(C(C)(C)C)cc(c31)N2c1cccc2c1oc1ccccc12)C(C)(C)CCC5(C)C. The Hall–Kier alpha value is -5.68. The topological polar surface area (TPSA) is 32.8 Å². The van der Waals surface area contributed by atoms with Crippen LogP contribution in [0, 0.1) is 0 Å². The number of furan rings is 2. The summed E-state index contributed by atoms with van der Waals surface area (Å²) in [4.78, 5) is 5.17. The first-order valence-corrected chi connectivity index (χ1v) is 25.0. The highest BCUT2D eigenvalue weighted by atomic mass is 16.3. The Labute approximate surface area is 398 Å². The van der Waals surface area contributed by atoms with Crippen molar-refractivity contribution in [2.75, 3.05) is 9.80 Å². The zero-order chi connectivity index (χ0) is 47.1. The van der Waals surface area contributed by atoms with Crippen molar-refractivity contribution in [1.82, 2.24) is 0 Å². The van der Waals surface area contributed by atoms with Crippen molar-refractivity contribution in [2.45, 2.75) is 155 Å². The van der Waals surface area contributed by atoms with Gasteiger partial charge in [0.25, 0.3) is 6.71 Å². The molecule has 4 aliphatic rings. The van der Waals surface area contributed by atoms with Gasteiger partial charge in [-0.1, -0.05) is 145 Å². The van der Waals surface area contributed by atoms with Crippen LogP contribution in [0.2, 0.25) is 0 Å². The molecule has 0 spiro atoms. The van der Waals surface area contributed by atoms with Gasteiger partial charge in [0.1, 0.15) is 11.2 Å². The molecule has 0 radical (unpaired) electrons. The van der Waals surface area contributed by atoms with E-state index in [0.29, 0.717) is 0 Å². The van der Waals surface area contributed by atoms with Crippen molar-refractivity contribution in [3.8, 4) is 0 Å². The predicted molar refractivity (Wildman–Crippen MR) is 285 cm³/mol. The minimum atomic E-state index is -0.160. The molecule has 8 aromatic rings. The number of hydrogen-bond donors (Lipinski definition) is 0. The molecule has 67 heavy (non-hydrogen) atoms. The maximum Gasteiger partial charge on any atom is 0.297 e. The fourth-order valence-electron chi connectivity index (χ4n) is 12.6. The van der Waals surface area contributed by atoms with Gasteiger partial charge in [0.2, 0.25) is 0 Å². The van der Waals surface area contributed by atoms with E-state index >= 15 is 0 Å². The normalized spacial score (nSPS) is 18.7. The predicted octanol–water partition coefficient (Wildman–Crippen LogP) is 15.7. The summed E-state index contributed by atoms with van der Waals surface area (Å²) in [6.45, 7) is 33.5. The maximum absolute atomic E-state index is 7.66. The van der Waals surface area contributed by atoms with Crippen LogP contribution in [0.15, 0.2) is 112 Å². The Morgan fingerprint density at radius 2 is 1.06 bits per heavy atom. The fourth-order valence-corrected chi connectivity index (χ4v) is 12.6. The van der Waals surface area contributed by atoms with Crippen LogP contribution in [0.25, 0.3) is 32.9 Å². The van der Waals surface area contributed by atoms with Crippen LogP contribution in [0.4, 0.5) is 34.1 Å². The molecule has 12 rings (SSSR count). The first-order valence-electron chi connectivity index (χ1n) is 25.0. The highest BCUT2D eigenvalue weighted by Gasteiger charge is 2.49. The average Bonchev–Trinajstić information content (AvgIpc) is 3.84. The largest absolute Gasteiger partial charge is 0.468 e. The van der Waals surface area contributed by atoms with E-state index in [-0.39, 0.29) is 39.2 Å². The molecule has 0 unspecified atom stereocenters. The molecule has 0 N–H and O–H groups in total. The van der Waals surface area contributed by atoms with Crippen molar-refractivity contribution in [2.24, 2.45) is 0 Å². The maximum atomic E-state index is 7.66. The highest BCUT2D eigenvalue weighted by Crippen LogP contribution is 2.54. The van der Waals surface area contributed by atoms with Gasteiger partial charge < -0.3 is 18.6 Å². The molecule has 2 aliphatic carbocycles. The van der Waals surface area contributed by atoms with Crippen LogP contribution < -0.4 is 26.4 Å². The van der Waals surface area contributed by atoms with Crippen LogP contribution in [0.5, 0.6) is 0 Å². The van der Waals surface area contributed by atoms with Gasteiger partial charge in [-0.05, 0) is 157 Å². The lowest BCUT2D eigenvalue weighted by atomic mass is 9.35. The highest BCUT2D eigenvalue weighted by molar-refractivity contribution is 7.00. The van der Waals surface area contributed by atoms with E-state index in [9.17, 15) is 0 Å². The summed E-state index contributed by atoms with van der Waals surface area (Å²) in [5, 5.41) is 3.46. The number of para-hydroxylation sites is 2. The molecule has 0 amide bonds. The van der Waals surface area contributed by atoms with E-state index in [1.807, 2.05) is 0 Å². The van der Waals surface area contributed by atoms with Gasteiger partial charge in [-0.3, -0.25) is 0 Å². The van der Waals surface area contributed by atoms with E-state index in [0.717, 1.165) is 63.8 Å². The third-order valence-corrected chi connectivity index (χ3v) is 17.1. The number of fused-ring (bicyclic) bond motifs is 11. The Bertz CT molecular complexity index is 3410. The van der Waals surface area contributed by atoms with Gasteiger partial charge in [0.15, 0.2) is 5.58 Å². The molecule has 2 aromatic heterocycles. The van der Waals surface area contributed by atoms with E-state index in [1.54, 1.807) is 0 Å². The van der Waals surface area contributed by atoms with Gasteiger partial charge in [-0.15, -0.1) is 0 Å². The molecule has 0 saturated heterocycles. The van der Waals surface area contributed by atoms with Gasteiger partial charge in [0.05, 0.1) is 17.0 Å². The zero-order valence-electron chi connectivity index (χ0n) is 42.4. The fraction of sp³-hybridized carbons (Fsp3) is 0.387. The van der Waals surface area contributed by atoms with Crippen molar-refractivity contribution in [1.29, 1.82) is 0 Å². The Kier molecular flexibility index (Phi) is 8.61. The summed E-state index contributed by atoms with van der Waals surface area (Å²) in [5.74, 6) is 0. The van der Waals surface area contributed by atoms with Gasteiger partial charge in [-0.2, -0.15) is 0 Å². The monoisotopic (exact) mass is 883 g/mol. The summed E-state index contributed by atoms with van der Waals surface area (Å²) in [7, 11) is 0. The summed E-state index contributed by atoms with van der Waals surface area (Å²) in [6, 6.07) is 39.9. The molecule has 4 nitrogen and oxygen atoms in total. The number of nitrogens with zero attached hydrogens (tertiary/aromatic N) is 2. The molecule has 0 bridgehead atoms. The Morgan fingerprint density at radius 1 is 0.463 bits per heavy atom. The van der Waals surface area contributed by atoms with E-state index in [2.05, 4.69) is 210 Å². The molecule has 5 heteroatoms. The van der Waals surface area contributed by atoms with Crippen molar-refractivity contribution in [3.05, 3.63) is 137 Å². The van der Waals surface area contributed by atoms with E-state index < -0.39 is 0 Å². The molecule has 0 fully saturated rings. The molecule has 0 atom stereocenters. The van der Waals surface area contributed by atoms with Gasteiger partial charge in [0, 0.05) is 38.9 Å². The lowest BCUT2D eigenvalue weighted by molar-refractivity contribution is 0.332. The minimum absolute atomic E-state index is 0.0336. The van der Waals surface area contributed by atoms with Crippen LogP contribution in [-0.2, 0) is 32.5 Å².